The molecule has 2 aromatic carbocycles. The van der Waals surface area contributed by atoms with Crippen molar-refractivity contribution in [2.75, 3.05) is 6.26 Å². The summed E-state index contributed by atoms with van der Waals surface area (Å²) in [6.45, 7) is 2.18. The van der Waals surface area contributed by atoms with Gasteiger partial charge in [0.1, 0.15) is 0 Å². The van der Waals surface area contributed by atoms with Gasteiger partial charge in [-0.05, 0) is 49.1 Å². The first-order chi connectivity index (χ1) is 15.2. The molecule has 0 aliphatic heterocycles. The highest BCUT2D eigenvalue weighted by Gasteiger charge is 2.23. The van der Waals surface area contributed by atoms with Gasteiger partial charge in [0.25, 0.3) is 0 Å². The van der Waals surface area contributed by atoms with Crippen LogP contribution in [0.5, 0.6) is 0 Å². The Balaban J connectivity index is 1.69. The fourth-order valence-corrected chi connectivity index (χ4v) is 5.47. The maximum atomic E-state index is 13.2. The lowest BCUT2D eigenvalue weighted by molar-refractivity contribution is -0.121. The third kappa shape index (κ3) is 5.12. The Kier molecular flexibility index (Phi) is 7.29. The van der Waals surface area contributed by atoms with Gasteiger partial charge in [-0.15, -0.1) is 0 Å². The molecule has 0 radical (unpaired) electrons. The number of rotatable bonds is 7. The third-order valence-corrected chi connectivity index (χ3v) is 7.11. The molecule has 1 aliphatic rings. The quantitative estimate of drug-likeness (QED) is 0.470. The van der Waals surface area contributed by atoms with Crippen molar-refractivity contribution in [1.82, 2.24) is 10.3 Å². The van der Waals surface area contributed by atoms with Gasteiger partial charge in [-0.2, -0.15) is 11.8 Å². The molecule has 31 heavy (non-hydrogen) atoms. The van der Waals surface area contributed by atoms with Crippen LogP contribution < -0.4 is 5.32 Å². The van der Waals surface area contributed by atoms with E-state index in [-0.39, 0.29) is 11.9 Å². The lowest BCUT2D eigenvalue weighted by Gasteiger charge is -2.28. The molecule has 1 N–H and O–H groups in total. The Labute approximate surface area is 190 Å². The second-order valence-electron chi connectivity index (χ2n) is 8.66. The number of amides is 1. The summed E-state index contributed by atoms with van der Waals surface area (Å²) in [7, 11) is 0. The van der Waals surface area contributed by atoms with Crippen LogP contribution in [-0.2, 0) is 17.0 Å². The summed E-state index contributed by atoms with van der Waals surface area (Å²) in [5.41, 5.74) is 5.35. The first kappa shape index (κ1) is 21.9. The van der Waals surface area contributed by atoms with E-state index in [1.807, 2.05) is 30.3 Å². The van der Waals surface area contributed by atoms with Gasteiger partial charge >= 0.3 is 0 Å². The van der Waals surface area contributed by atoms with Crippen molar-refractivity contribution in [2.45, 2.75) is 57.2 Å². The number of fused-ring (bicyclic) bond motifs is 1. The first-order valence-corrected chi connectivity index (χ1v) is 12.8. The fourth-order valence-electron chi connectivity index (χ4n) is 4.87. The van der Waals surface area contributed by atoms with Crippen molar-refractivity contribution in [3.05, 3.63) is 65.7 Å². The average Bonchev–Trinajstić information content (AvgIpc) is 2.81. The minimum absolute atomic E-state index is 0.121. The number of carbonyl (C=O) groups is 1. The summed E-state index contributed by atoms with van der Waals surface area (Å²) in [6.07, 6.45) is 8.89. The van der Waals surface area contributed by atoms with Gasteiger partial charge in [-0.25, -0.2) is 4.98 Å². The summed E-state index contributed by atoms with van der Waals surface area (Å²) in [6, 6.07) is 18.8. The summed E-state index contributed by atoms with van der Waals surface area (Å²) in [5, 5.41) is 4.41. The van der Waals surface area contributed by atoms with Gasteiger partial charge in [0.05, 0.1) is 17.6 Å². The van der Waals surface area contributed by atoms with Crippen LogP contribution in [0.2, 0.25) is 0 Å². The smallest absolute Gasteiger partial charge is 0.224 e. The molecule has 1 fully saturated rings. The Morgan fingerprint density at radius 2 is 1.74 bits per heavy atom. The van der Waals surface area contributed by atoms with E-state index in [1.54, 1.807) is 11.8 Å². The summed E-state index contributed by atoms with van der Waals surface area (Å²) < 4.78 is 0. The molecular formula is C27H32N2OS. The van der Waals surface area contributed by atoms with Gasteiger partial charge < -0.3 is 5.32 Å². The number of carbonyl (C=O) groups excluding carboxylic acids is 1. The molecule has 1 saturated carbocycles. The zero-order valence-electron chi connectivity index (χ0n) is 18.6. The number of thioether (sulfide) groups is 1. The van der Waals surface area contributed by atoms with Crippen molar-refractivity contribution >= 4 is 28.6 Å². The predicted molar refractivity (Wildman–Crippen MR) is 132 cm³/mol. The van der Waals surface area contributed by atoms with E-state index < -0.39 is 0 Å². The molecule has 0 spiro atoms. The molecule has 1 atom stereocenters. The molecule has 0 bridgehead atoms. The van der Waals surface area contributed by atoms with Crippen LogP contribution in [-0.4, -0.2) is 23.2 Å². The van der Waals surface area contributed by atoms with Crippen LogP contribution in [0.4, 0.5) is 0 Å². The number of nitrogens with zero attached hydrogens (tertiary/aromatic N) is 1. The van der Waals surface area contributed by atoms with E-state index in [9.17, 15) is 4.79 Å². The van der Waals surface area contributed by atoms with Crippen molar-refractivity contribution in [2.24, 2.45) is 5.92 Å². The SMILES string of the molecule is CSCc1c(-c2ccccc2)nc2ccccc2c1CC(=O)NC(C)C1CCCCC1. The van der Waals surface area contributed by atoms with Crippen LogP contribution in [0, 0.1) is 5.92 Å². The van der Waals surface area contributed by atoms with Crippen molar-refractivity contribution < 1.29 is 4.79 Å². The van der Waals surface area contributed by atoms with E-state index in [4.69, 9.17) is 4.98 Å². The lowest BCUT2D eigenvalue weighted by Crippen LogP contribution is -2.39. The molecule has 3 aromatic rings. The van der Waals surface area contributed by atoms with Crippen LogP contribution in [0.1, 0.15) is 50.2 Å². The summed E-state index contributed by atoms with van der Waals surface area (Å²) >= 11 is 1.78. The molecular weight excluding hydrogens is 400 g/mol. The third-order valence-electron chi connectivity index (χ3n) is 6.53. The summed E-state index contributed by atoms with van der Waals surface area (Å²) in [4.78, 5) is 18.2. The number of para-hydroxylation sites is 1. The molecule has 1 heterocycles. The van der Waals surface area contributed by atoms with E-state index in [0.29, 0.717) is 12.3 Å². The van der Waals surface area contributed by atoms with Crippen LogP contribution in [0.25, 0.3) is 22.2 Å². The van der Waals surface area contributed by atoms with E-state index in [0.717, 1.165) is 33.5 Å². The average molecular weight is 433 g/mol. The fraction of sp³-hybridized carbons (Fsp3) is 0.407. The standard InChI is InChI=1S/C27H32N2OS/c1-19(20-11-5-3-6-12-20)28-26(30)17-23-22-15-9-10-16-25(22)29-27(24(23)18-31-2)21-13-7-4-8-14-21/h4,7-10,13-16,19-20H,3,5-6,11-12,17-18H2,1-2H3,(H,28,30). The zero-order chi connectivity index (χ0) is 21.6. The van der Waals surface area contributed by atoms with Crippen molar-refractivity contribution in [3.63, 3.8) is 0 Å². The molecule has 1 unspecified atom stereocenters. The number of hydrogen-bond donors (Lipinski definition) is 1. The maximum Gasteiger partial charge on any atom is 0.224 e. The lowest BCUT2D eigenvalue weighted by atomic mass is 9.84. The number of benzene rings is 2. The highest BCUT2D eigenvalue weighted by atomic mass is 32.2. The van der Waals surface area contributed by atoms with Crippen LogP contribution >= 0.6 is 11.8 Å². The number of hydrogen-bond acceptors (Lipinski definition) is 3. The van der Waals surface area contributed by atoms with Gasteiger partial charge in [0, 0.05) is 22.7 Å². The molecule has 1 aromatic heterocycles. The second-order valence-corrected chi connectivity index (χ2v) is 9.53. The Morgan fingerprint density at radius 3 is 2.48 bits per heavy atom. The molecule has 0 saturated heterocycles. The highest BCUT2D eigenvalue weighted by Crippen LogP contribution is 2.33. The van der Waals surface area contributed by atoms with E-state index in [2.05, 4.69) is 42.8 Å². The maximum absolute atomic E-state index is 13.2. The molecule has 1 amide bonds. The van der Waals surface area contributed by atoms with Gasteiger partial charge in [-0.3, -0.25) is 4.79 Å². The predicted octanol–water partition coefficient (Wildman–Crippen LogP) is 6.39. The number of aromatic nitrogens is 1. The minimum atomic E-state index is 0.121. The summed E-state index contributed by atoms with van der Waals surface area (Å²) in [5.74, 6) is 1.57. The van der Waals surface area contributed by atoms with Gasteiger partial charge in [-0.1, -0.05) is 67.8 Å². The van der Waals surface area contributed by atoms with Crippen LogP contribution in [0.15, 0.2) is 54.6 Å². The monoisotopic (exact) mass is 432 g/mol. The van der Waals surface area contributed by atoms with E-state index in [1.165, 1.54) is 37.7 Å². The molecule has 3 nitrogen and oxygen atoms in total. The molecule has 162 valence electrons. The van der Waals surface area contributed by atoms with Crippen molar-refractivity contribution in [3.8, 4) is 11.3 Å². The number of nitrogens with one attached hydrogen (secondary N) is 1. The minimum Gasteiger partial charge on any atom is -0.353 e. The Morgan fingerprint density at radius 1 is 1.03 bits per heavy atom. The highest BCUT2D eigenvalue weighted by molar-refractivity contribution is 7.97. The van der Waals surface area contributed by atoms with Crippen molar-refractivity contribution in [1.29, 1.82) is 0 Å². The molecule has 1 aliphatic carbocycles. The van der Waals surface area contributed by atoms with Crippen LogP contribution in [0.3, 0.4) is 0 Å². The Bertz CT molecular complexity index is 1030. The molecule has 4 heteroatoms. The molecule has 4 rings (SSSR count). The first-order valence-electron chi connectivity index (χ1n) is 11.4. The largest absolute Gasteiger partial charge is 0.353 e. The number of pyridine rings is 1. The van der Waals surface area contributed by atoms with E-state index >= 15 is 0 Å². The second kappa shape index (κ2) is 10.3. The zero-order valence-corrected chi connectivity index (χ0v) is 19.4. The Hall–Kier alpha value is -2.33. The van der Waals surface area contributed by atoms with Gasteiger partial charge in [0.15, 0.2) is 0 Å². The van der Waals surface area contributed by atoms with Gasteiger partial charge in [0.2, 0.25) is 5.91 Å². The normalized spacial score (nSPS) is 15.7. The topological polar surface area (TPSA) is 42.0 Å².